The Bertz CT molecular complexity index is 481. The second-order valence-corrected chi connectivity index (χ2v) is 5.94. The molecule has 1 unspecified atom stereocenters. The van der Waals surface area contributed by atoms with Gasteiger partial charge in [-0.2, -0.15) is 5.10 Å². The molecule has 1 aliphatic rings. The van der Waals surface area contributed by atoms with Crippen LogP contribution in [0.5, 0.6) is 0 Å². The summed E-state index contributed by atoms with van der Waals surface area (Å²) in [7, 11) is 0. The minimum atomic E-state index is -0.117. The number of halogens is 1. The summed E-state index contributed by atoms with van der Waals surface area (Å²) in [4.78, 5) is 12.4. The number of aliphatic hydroxyl groups is 1. The Labute approximate surface area is 121 Å². The van der Waals surface area contributed by atoms with Gasteiger partial charge in [0.2, 0.25) is 0 Å². The lowest BCUT2D eigenvalue weighted by Crippen LogP contribution is -2.33. The molecule has 2 rings (SSSR count). The van der Waals surface area contributed by atoms with Crippen LogP contribution in [0.1, 0.15) is 32.6 Å². The minimum Gasteiger partial charge on any atom is -0.394 e. The Kier molecular flexibility index (Phi) is 4.99. The predicted molar refractivity (Wildman–Crippen MR) is 78.3 cm³/mol. The van der Waals surface area contributed by atoms with Crippen molar-refractivity contribution in [2.45, 2.75) is 45.2 Å². The van der Waals surface area contributed by atoms with Crippen LogP contribution in [-0.2, 0) is 6.54 Å². The first kappa shape index (κ1) is 14.5. The number of nitrogens with one attached hydrogen (secondary N) is 1. The molecule has 1 aromatic heterocycles. The number of aromatic nitrogens is 2. The van der Waals surface area contributed by atoms with Crippen LogP contribution in [0.4, 0.5) is 5.69 Å². The molecule has 1 fully saturated rings. The smallest absolute Gasteiger partial charge is 0.291 e. The van der Waals surface area contributed by atoms with E-state index in [2.05, 4.69) is 26.3 Å². The number of nitrogens with zero attached hydrogens (tertiary/aromatic N) is 2. The summed E-state index contributed by atoms with van der Waals surface area (Å²) < 4.78 is 2.18. The first-order valence-corrected chi connectivity index (χ1v) is 7.58. The van der Waals surface area contributed by atoms with E-state index < -0.39 is 0 Å². The molecule has 19 heavy (non-hydrogen) atoms. The molecular formula is C13H20BrN3O2. The molecule has 1 aliphatic carbocycles. The average molecular weight is 330 g/mol. The Morgan fingerprint density at radius 2 is 2.37 bits per heavy atom. The third-order valence-corrected chi connectivity index (χ3v) is 4.32. The molecule has 6 heteroatoms. The maximum atomic E-state index is 12.4. The Hall–Kier alpha value is -0.880. The third kappa shape index (κ3) is 3.36. The normalized spacial score (nSPS) is 17.0. The van der Waals surface area contributed by atoms with Crippen molar-refractivity contribution < 1.29 is 5.11 Å². The van der Waals surface area contributed by atoms with Crippen molar-refractivity contribution in [1.29, 1.82) is 0 Å². The summed E-state index contributed by atoms with van der Waals surface area (Å²) >= 11 is 3.35. The predicted octanol–water partition coefficient (Wildman–Crippen LogP) is 1.99. The van der Waals surface area contributed by atoms with Gasteiger partial charge in [-0.15, -0.1) is 0 Å². The van der Waals surface area contributed by atoms with Crippen LogP contribution in [0.25, 0.3) is 0 Å². The lowest BCUT2D eigenvalue weighted by atomic mass is 9.85. The van der Waals surface area contributed by atoms with Crippen LogP contribution >= 0.6 is 15.9 Å². The fourth-order valence-corrected chi connectivity index (χ4v) is 2.51. The van der Waals surface area contributed by atoms with Crippen molar-refractivity contribution in [3.8, 4) is 0 Å². The van der Waals surface area contributed by atoms with Gasteiger partial charge in [-0.1, -0.05) is 13.3 Å². The number of anilines is 1. The molecule has 1 atom stereocenters. The number of aliphatic hydroxyl groups excluding tert-OH is 1. The maximum absolute atomic E-state index is 12.4. The molecule has 0 aromatic carbocycles. The lowest BCUT2D eigenvalue weighted by molar-refractivity contribution is 0.261. The van der Waals surface area contributed by atoms with Crippen molar-refractivity contribution in [3.63, 3.8) is 0 Å². The van der Waals surface area contributed by atoms with Crippen molar-refractivity contribution >= 4 is 21.6 Å². The van der Waals surface area contributed by atoms with E-state index in [1.807, 2.05) is 6.92 Å². The van der Waals surface area contributed by atoms with E-state index in [9.17, 15) is 9.90 Å². The van der Waals surface area contributed by atoms with Gasteiger partial charge >= 0.3 is 0 Å². The number of rotatable bonds is 6. The first-order chi connectivity index (χ1) is 9.15. The van der Waals surface area contributed by atoms with E-state index in [1.54, 1.807) is 6.20 Å². The monoisotopic (exact) mass is 329 g/mol. The molecule has 0 bridgehead atoms. The summed E-state index contributed by atoms with van der Waals surface area (Å²) in [6, 6.07) is -0.108. The van der Waals surface area contributed by atoms with E-state index >= 15 is 0 Å². The van der Waals surface area contributed by atoms with Crippen LogP contribution in [0.2, 0.25) is 0 Å². The fraction of sp³-hybridized carbons (Fsp3) is 0.692. The highest BCUT2D eigenvalue weighted by Gasteiger charge is 2.20. The first-order valence-electron chi connectivity index (χ1n) is 6.78. The number of hydrogen-bond acceptors (Lipinski definition) is 4. The van der Waals surface area contributed by atoms with Crippen LogP contribution in [-0.4, -0.2) is 27.5 Å². The van der Waals surface area contributed by atoms with Crippen LogP contribution in [0, 0.1) is 5.92 Å². The van der Waals surface area contributed by atoms with Gasteiger partial charge in [0.05, 0.1) is 17.3 Å². The highest BCUT2D eigenvalue weighted by Crippen LogP contribution is 2.27. The molecule has 1 saturated carbocycles. The van der Waals surface area contributed by atoms with Gasteiger partial charge in [0.25, 0.3) is 5.56 Å². The van der Waals surface area contributed by atoms with Gasteiger partial charge in [-0.3, -0.25) is 4.79 Å². The zero-order chi connectivity index (χ0) is 13.8. The third-order valence-electron chi connectivity index (χ3n) is 3.72. The van der Waals surface area contributed by atoms with E-state index in [0.29, 0.717) is 22.6 Å². The van der Waals surface area contributed by atoms with Crippen LogP contribution in [0.3, 0.4) is 0 Å². The van der Waals surface area contributed by atoms with Gasteiger partial charge in [0.1, 0.15) is 5.69 Å². The molecular weight excluding hydrogens is 310 g/mol. The van der Waals surface area contributed by atoms with Crippen LogP contribution in [0.15, 0.2) is 15.5 Å². The van der Waals surface area contributed by atoms with Crippen LogP contribution < -0.4 is 10.9 Å². The van der Waals surface area contributed by atoms with Gasteiger partial charge in [-0.25, -0.2) is 4.68 Å². The fourth-order valence-electron chi connectivity index (χ4n) is 2.13. The van der Waals surface area contributed by atoms with E-state index in [0.717, 1.165) is 6.42 Å². The van der Waals surface area contributed by atoms with Crippen molar-refractivity contribution in [1.82, 2.24) is 9.78 Å². The molecule has 2 N–H and O–H groups in total. The largest absolute Gasteiger partial charge is 0.394 e. The highest BCUT2D eigenvalue weighted by molar-refractivity contribution is 9.10. The van der Waals surface area contributed by atoms with Crippen molar-refractivity contribution in [3.05, 3.63) is 21.0 Å². The Balaban J connectivity index is 2.20. The SMILES string of the molecule is CCC(CO)Nc1c(Br)cnn(CC2CCC2)c1=O. The minimum absolute atomic E-state index is 0.00727. The van der Waals surface area contributed by atoms with Crippen molar-refractivity contribution in [2.75, 3.05) is 11.9 Å². The molecule has 5 nitrogen and oxygen atoms in total. The lowest BCUT2D eigenvalue weighted by Gasteiger charge is -2.25. The summed E-state index contributed by atoms with van der Waals surface area (Å²) in [6.45, 7) is 2.67. The Morgan fingerprint density at radius 3 is 2.89 bits per heavy atom. The molecule has 1 heterocycles. The van der Waals surface area contributed by atoms with E-state index in [-0.39, 0.29) is 18.2 Å². The maximum Gasteiger partial charge on any atom is 0.291 e. The number of hydrogen-bond donors (Lipinski definition) is 2. The molecule has 0 radical (unpaired) electrons. The molecule has 1 aromatic rings. The second-order valence-electron chi connectivity index (χ2n) is 5.08. The van der Waals surface area contributed by atoms with Gasteiger partial charge in [0.15, 0.2) is 0 Å². The highest BCUT2D eigenvalue weighted by atomic mass is 79.9. The second kappa shape index (κ2) is 6.52. The topological polar surface area (TPSA) is 67.2 Å². The molecule has 106 valence electrons. The molecule has 0 spiro atoms. The van der Waals surface area contributed by atoms with Gasteiger partial charge in [0, 0.05) is 12.6 Å². The van der Waals surface area contributed by atoms with E-state index in [1.165, 1.54) is 23.9 Å². The standard InChI is InChI=1S/C13H20BrN3O2/c1-2-10(8-18)16-12-11(14)6-15-17(13(12)19)7-9-4-3-5-9/h6,9-10,16,18H,2-5,7-8H2,1H3. The summed E-state index contributed by atoms with van der Waals surface area (Å²) in [5.41, 5.74) is 0.378. The van der Waals surface area contributed by atoms with Gasteiger partial charge in [-0.05, 0) is 41.1 Å². The molecule has 0 aliphatic heterocycles. The average Bonchev–Trinajstić information content (AvgIpc) is 2.36. The molecule has 0 amide bonds. The summed E-state index contributed by atoms with van der Waals surface area (Å²) in [5, 5.41) is 16.5. The zero-order valence-corrected chi connectivity index (χ0v) is 12.7. The summed E-state index contributed by atoms with van der Waals surface area (Å²) in [6.07, 6.45) is 6.02. The van der Waals surface area contributed by atoms with Crippen molar-refractivity contribution in [2.24, 2.45) is 5.92 Å². The van der Waals surface area contributed by atoms with E-state index in [4.69, 9.17) is 0 Å². The zero-order valence-electron chi connectivity index (χ0n) is 11.1. The Morgan fingerprint density at radius 1 is 1.63 bits per heavy atom. The quantitative estimate of drug-likeness (QED) is 0.837. The van der Waals surface area contributed by atoms with Gasteiger partial charge < -0.3 is 10.4 Å². The molecule has 0 saturated heterocycles. The summed E-state index contributed by atoms with van der Waals surface area (Å²) in [5.74, 6) is 0.582.